The highest BCUT2D eigenvalue weighted by atomic mass is 13.4. The summed E-state index contributed by atoms with van der Waals surface area (Å²) in [6.45, 7) is 3.44. The van der Waals surface area contributed by atoms with E-state index in [0.717, 1.165) is 64.0 Å². The molecule has 0 nitrogen and oxygen atoms in total. The van der Waals surface area contributed by atoms with Crippen LogP contribution in [-0.2, 0) is 0 Å². The summed E-state index contributed by atoms with van der Waals surface area (Å²) in [6.07, 6.45) is 7.86. The highest BCUT2D eigenvalue weighted by Gasteiger charge is 2.55. The molecule has 0 saturated carbocycles. The average Bonchev–Trinajstić information content (AvgIpc) is 2.47. The number of hydrogen-bond donors (Lipinski definition) is 0. The lowest BCUT2D eigenvalue weighted by atomic mass is 8.30. The number of rotatable bonds is 6. The predicted molar refractivity (Wildman–Crippen MR) is 155 cm³/mol. The third-order valence-electron chi connectivity index (χ3n) is 7.70. The summed E-state index contributed by atoms with van der Waals surface area (Å²) in [5.74, 6) is 0. The minimum absolute atomic E-state index is 0.803. The van der Waals surface area contributed by atoms with Crippen LogP contribution in [0.1, 0.15) is 0 Å². The van der Waals surface area contributed by atoms with Crippen molar-refractivity contribution in [3.63, 3.8) is 0 Å². The molecule has 1 fully saturated rings. The maximum atomic E-state index is 2.57. The molecule has 1 rings (SSSR count). The van der Waals surface area contributed by atoms with E-state index in [9.17, 15) is 0 Å². The second-order valence-electron chi connectivity index (χ2n) is 9.26. The maximum Gasteiger partial charge on any atom is 0.0594 e. The molecule has 22 heavy (non-hydrogen) atoms. The van der Waals surface area contributed by atoms with Crippen molar-refractivity contribution in [2.24, 2.45) is 0 Å². The molecule has 0 spiro atoms. The van der Waals surface area contributed by atoms with Gasteiger partial charge in [-0.05, 0) is 0 Å². The Kier molecular flexibility index (Phi) is 8.92. The molecule has 0 unspecified atom stereocenters. The fourth-order valence-corrected chi connectivity index (χ4v) is 5.87. The lowest BCUT2D eigenvalue weighted by Crippen LogP contribution is -2.90. The van der Waals surface area contributed by atoms with Crippen molar-refractivity contribution in [3.8, 4) is 0 Å². The van der Waals surface area contributed by atoms with Gasteiger partial charge >= 0.3 is 0 Å². The van der Waals surface area contributed by atoms with E-state index in [4.69, 9.17) is 0 Å². The van der Waals surface area contributed by atoms with Crippen LogP contribution >= 0.6 is 0 Å². The molecule has 0 amide bonds. The van der Waals surface area contributed by atoms with Gasteiger partial charge in [0.2, 0.25) is 0 Å². The summed E-state index contributed by atoms with van der Waals surface area (Å²) >= 11 is 0. The van der Waals surface area contributed by atoms with Gasteiger partial charge in [0.1, 0.15) is 0 Å². The highest BCUT2D eigenvalue weighted by Crippen LogP contribution is 2.17. The van der Waals surface area contributed by atoms with E-state index >= 15 is 0 Å². The van der Waals surface area contributed by atoms with Crippen molar-refractivity contribution < 1.29 is 0 Å². The van der Waals surface area contributed by atoms with E-state index in [0.29, 0.717) is 0 Å². The van der Waals surface area contributed by atoms with Gasteiger partial charge < -0.3 is 0 Å². The lowest BCUT2D eigenvalue weighted by Gasteiger charge is -2.51. The largest absolute Gasteiger partial charge is 0.101 e. The molecule has 1 aliphatic rings. The van der Waals surface area contributed by atoms with Crippen molar-refractivity contribution in [3.05, 3.63) is 0 Å². The summed E-state index contributed by atoms with van der Waals surface area (Å²) in [6, 6.07) is 0. The van der Waals surface area contributed by atoms with Gasteiger partial charge in [-0.1, -0.05) is 0 Å². The van der Waals surface area contributed by atoms with Gasteiger partial charge in [-0.25, -0.2) is 0 Å². The Morgan fingerprint density at radius 1 is 0.864 bits per heavy atom. The van der Waals surface area contributed by atoms with E-state index in [2.05, 4.69) is 76.5 Å². The van der Waals surface area contributed by atoms with Crippen LogP contribution in [0.3, 0.4) is 0 Å². The number of hydrogen-bond acceptors (Lipinski definition) is 0. The second kappa shape index (κ2) is 9.17. The normalized spacial score (nSPS) is 14.8. The van der Waals surface area contributed by atoms with Gasteiger partial charge in [0.15, 0.2) is 0 Å². The van der Waals surface area contributed by atoms with E-state index in [-0.39, 0.29) is 0 Å². The maximum absolute atomic E-state index is 2.57. The Balaban J connectivity index is 3.32. The first kappa shape index (κ1) is 21.4. The predicted octanol–water partition coefficient (Wildman–Crippen LogP) is -12.8. The molecule has 0 aromatic carbocycles. The first-order chi connectivity index (χ1) is 10.2. The first-order valence-corrected chi connectivity index (χ1v) is 10.2. The van der Waals surface area contributed by atoms with Crippen LogP contribution < -0.4 is 0 Å². The Labute approximate surface area is 154 Å². The Morgan fingerprint density at radius 2 is 1.41 bits per heavy atom. The van der Waals surface area contributed by atoms with E-state index in [1.165, 1.54) is 14.1 Å². The third kappa shape index (κ3) is 4.30. The second-order valence-corrected chi connectivity index (χ2v) is 9.26. The molecule has 0 atom stereocenters. The fourth-order valence-electron chi connectivity index (χ4n) is 5.87. The monoisotopic (exact) mass is 266 g/mol. The molecule has 21 heteroatoms. The van der Waals surface area contributed by atoms with Gasteiger partial charge in [-0.15, -0.1) is 6.82 Å². The van der Waals surface area contributed by atoms with Crippen LogP contribution in [0, 0.1) is 0 Å². The van der Waals surface area contributed by atoms with Gasteiger partial charge in [-0.2, -0.15) is 0 Å². The zero-order chi connectivity index (χ0) is 17.2. The van der Waals surface area contributed by atoms with Crippen LogP contribution in [0.25, 0.3) is 0 Å². The Bertz CT molecular complexity index is 322. The lowest BCUT2D eigenvalue weighted by molar-refractivity contribution is 2.32. The third-order valence-corrected chi connectivity index (χ3v) is 7.70. The Morgan fingerprint density at radius 3 is 1.77 bits per heavy atom. The van der Waals surface area contributed by atoms with Crippen molar-refractivity contribution in [1.82, 2.24) is 0 Å². The zero-order valence-corrected chi connectivity index (χ0v) is 17.2. The van der Waals surface area contributed by atoms with Gasteiger partial charge in [0.25, 0.3) is 0 Å². The summed E-state index contributed by atoms with van der Waals surface area (Å²) in [4.78, 5) is 0. The van der Waals surface area contributed by atoms with Gasteiger partial charge in [0.05, 0.1) is 69.6 Å². The van der Waals surface area contributed by atoms with Crippen LogP contribution in [0.5, 0.6) is 0 Å². The van der Waals surface area contributed by atoms with Crippen molar-refractivity contribution >= 4 is 148 Å². The Hall–Kier alpha value is 1.36. The molecular formula is CH23B21. The highest BCUT2D eigenvalue weighted by molar-refractivity contribution is 8.27. The van der Waals surface area contributed by atoms with E-state index in [1.54, 1.807) is 0 Å². The minimum Gasteiger partial charge on any atom is -0.101 e. The smallest absolute Gasteiger partial charge is 0.0594 e. The molecule has 0 aromatic rings. The molecule has 0 aliphatic carbocycles. The van der Waals surface area contributed by atoms with Crippen LogP contribution in [0.4, 0.5) is 0 Å². The zero-order valence-electron chi connectivity index (χ0n) is 17.2. The quantitative estimate of drug-likeness (QED) is 0.417. The SMILES string of the molecule is BBB(B)B1B(B(B)B(B)B)B(C)B(B)B(BB)B1B(B)B. The van der Waals surface area contributed by atoms with Crippen molar-refractivity contribution in [1.29, 1.82) is 0 Å². The van der Waals surface area contributed by atoms with E-state index < -0.39 is 0 Å². The summed E-state index contributed by atoms with van der Waals surface area (Å²) in [7, 11) is 25.0. The molecule has 1 aliphatic heterocycles. The summed E-state index contributed by atoms with van der Waals surface area (Å²) in [5, 5.41) is 0. The molecule has 0 aromatic heterocycles. The van der Waals surface area contributed by atoms with Crippen LogP contribution in [0.15, 0.2) is 0 Å². The van der Waals surface area contributed by atoms with E-state index in [1.807, 2.05) is 0 Å². The van der Waals surface area contributed by atoms with Gasteiger partial charge in [0, 0.05) is 78.1 Å². The standard InChI is InChI=1S/CH23B21/c1-13-17(9)19(12-3)21(15(6)7)22(16(8)11-2)20(13)18(10)14(4)5/h11-12H,2-10H2,1H3. The molecule has 1 saturated heterocycles. The average molecular weight is 262 g/mol. The molecular weight excluding hydrogens is 239 g/mol. The first-order valence-electron chi connectivity index (χ1n) is 10.2. The topological polar surface area (TPSA) is 0 Å². The molecule has 1 heterocycles. The summed E-state index contributed by atoms with van der Waals surface area (Å²) < 4.78 is 0. The molecule has 90 valence electrons. The molecule has 0 radical (unpaired) electrons. The van der Waals surface area contributed by atoms with Crippen molar-refractivity contribution in [2.75, 3.05) is 0 Å². The molecule has 0 bridgehead atoms. The minimum atomic E-state index is 0.803. The molecule has 0 N–H and O–H groups in total. The summed E-state index contributed by atoms with van der Waals surface area (Å²) in [5.41, 5.74) is 0. The van der Waals surface area contributed by atoms with Crippen LogP contribution in [0.2, 0.25) is 6.82 Å². The van der Waals surface area contributed by atoms with Crippen molar-refractivity contribution in [2.45, 2.75) is 6.82 Å². The van der Waals surface area contributed by atoms with Gasteiger partial charge in [-0.3, -0.25) is 0 Å². The van der Waals surface area contributed by atoms with Crippen LogP contribution in [-0.4, -0.2) is 148 Å². The fraction of sp³-hybridized carbons (Fsp3) is 1.00.